The van der Waals surface area contributed by atoms with E-state index in [1.807, 2.05) is 6.07 Å². The van der Waals surface area contributed by atoms with E-state index in [1.165, 1.54) is 6.33 Å². The molecule has 0 bridgehead atoms. The summed E-state index contributed by atoms with van der Waals surface area (Å²) in [4.78, 5) is 15.2. The van der Waals surface area contributed by atoms with Gasteiger partial charge in [0.05, 0.1) is 16.7 Å². The molecule has 1 aliphatic rings. The number of tetrazole rings is 1. The number of nitrogens with zero attached hydrogens (tertiary/aromatic N) is 5. The van der Waals surface area contributed by atoms with Gasteiger partial charge in [0, 0.05) is 19.0 Å². The molecule has 134 valence electrons. The lowest BCUT2D eigenvalue weighted by atomic mass is 9.87. The van der Waals surface area contributed by atoms with Crippen molar-refractivity contribution in [2.75, 3.05) is 19.7 Å². The summed E-state index contributed by atoms with van der Waals surface area (Å²) in [5.41, 5.74) is 0.927. The van der Waals surface area contributed by atoms with E-state index in [9.17, 15) is 4.79 Å². The van der Waals surface area contributed by atoms with Crippen LogP contribution in [0.15, 0.2) is 24.5 Å². The average molecular weight is 384 g/mol. The normalized spacial score (nSPS) is 15.7. The molecule has 25 heavy (non-hydrogen) atoms. The lowest BCUT2D eigenvalue weighted by Gasteiger charge is -2.42. The average Bonchev–Trinajstić information content (AvgIpc) is 3.07. The Bertz CT molecular complexity index is 719. The third-order valence-electron chi connectivity index (χ3n) is 4.24. The summed E-state index contributed by atoms with van der Waals surface area (Å²) in [7, 11) is 0. The summed E-state index contributed by atoms with van der Waals surface area (Å²) in [5, 5.41) is 12.9. The number of ether oxygens (including phenoxy) is 1. The molecular formula is C16H19Cl2N5O2. The Morgan fingerprint density at radius 3 is 2.80 bits per heavy atom. The summed E-state index contributed by atoms with van der Waals surface area (Å²) in [5.74, 6) is 0.144. The maximum atomic E-state index is 12.0. The highest BCUT2D eigenvalue weighted by Gasteiger charge is 2.39. The van der Waals surface area contributed by atoms with Gasteiger partial charge in [-0.05, 0) is 29.3 Å². The molecule has 7 nitrogen and oxygen atoms in total. The minimum absolute atomic E-state index is 0.144. The highest BCUT2D eigenvalue weighted by molar-refractivity contribution is 6.42. The third-order valence-corrected chi connectivity index (χ3v) is 4.98. The van der Waals surface area contributed by atoms with Gasteiger partial charge in [-0.3, -0.25) is 0 Å². The van der Waals surface area contributed by atoms with Crippen LogP contribution in [0.4, 0.5) is 4.79 Å². The summed E-state index contributed by atoms with van der Waals surface area (Å²) < 4.78 is 5.24. The van der Waals surface area contributed by atoms with Gasteiger partial charge in [-0.1, -0.05) is 42.6 Å². The monoisotopic (exact) mass is 383 g/mol. The lowest BCUT2D eigenvalue weighted by molar-refractivity contribution is 0.0373. The Morgan fingerprint density at radius 2 is 2.16 bits per heavy atom. The van der Waals surface area contributed by atoms with Crippen LogP contribution in [-0.2, 0) is 4.74 Å². The zero-order valence-electron chi connectivity index (χ0n) is 13.8. The van der Waals surface area contributed by atoms with Gasteiger partial charge in [-0.25, -0.2) is 4.79 Å². The van der Waals surface area contributed by atoms with E-state index < -0.39 is 0 Å². The van der Waals surface area contributed by atoms with Crippen LogP contribution >= 0.6 is 23.2 Å². The maximum absolute atomic E-state index is 12.0. The molecule has 0 N–H and O–H groups in total. The number of carbonyl (C=O) groups is 1. The van der Waals surface area contributed by atoms with E-state index in [1.54, 1.807) is 21.8 Å². The molecule has 1 aromatic heterocycles. The number of carbonyl (C=O) groups excluding carboxylic acids is 1. The molecule has 2 heterocycles. The topological polar surface area (TPSA) is 73.1 Å². The zero-order chi connectivity index (χ0) is 17.8. The van der Waals surface area contributed by atoms with Crippen LogP contribution in [0.25, 0.3) is 0 Å². The zero-order valence-corrected chi connectivity index (χ0v) is 15.3. The Morgan fingerprint density at radius 1 is 1.36 bits per heavy atom. The van der Waals surface area contributed by atoms with Gasteiger partial charge in [-0.2, -0.15) is 4.80 Å². The molecule has 1 aromatic carbocycles. The molecule has 9 heteroatoms. The Kier molecular flexibility index (Phi) is 5.75. The minimum atomic E-state index is -0.274. The number of halogens is 2. The second kappa shape index (κ2) is 8.01. The van der Waals surface area contributed by atoms with Crippen LogP contribution in [0.3, 0.4) is 0 Å². The number of hydrogen-bond acceptors (Lipinski definition) is 5. The van der Waals surface area contributed by atoms with Crippen molar-refractivity contribution in [3.05, 3.63) is 40.1 Å². The van der Waals surface area contributed by atoms with E-state index in [4.69, 9.17) is 27.9 Å². The van der Waals surface area contributed by atoms with Gasteiger partial charge >= 0.3 is 6.09 Å². The van der Waals surface area contributed by atoms with Gasteiger partial charge in [0.25, 0.3) is 0 Å². The van der Waals surface area contributed by atoms with Gasteiger partial charge in [-0.15, -0.1) is 10.2 Å². The largest absolute Gasteiger partial charge is 0.449 e. The number of amides is 1. The molecule has 0 saturated carbocycles. The fourth-order valence-electron chi connectivity index (χ4n) is 2.85. The van der Waals surface area contributed by atoms with E-state index in [2.05, 4.69) is 22.3 Å². The van der Waals surface area contributed by atoms with Crippen molar-refractivity contribution < 1.29 is 9.53 Å². The molecule has 1 saturated heterocycles. The van der Waals surface area contributed by atoms with E-state index in [0.29, 0.717) is 29.7 Å². The number of hydrogen-bond donors (Lipinski definition) is 0. The highest BCUT2D eigenvalue weighted by atomic mass is 35.5. The number of likely N-dealkylation sites (tertiary alicyclic amines) is 1. The molecule has 0 radical (unpaired) electrons. The van der Waals surface area contributed by atoms with Gasteiger partial charge in [0.1, 0.15) is 6.04 Å². The lowest BCUT2D eigenvalue weighted by Crippen LogP contribution is -2.53. The van der Waals surface area contributed by atoms with Crippen molar-refractivity contribution >= 4 is 29.3 Å². The van der Waals surface area contributed by atoms with Crippen molar-refractivity contribution in [3.63, 3.8) is 0 Å². The van der Waals surface area contributed by atoms with Crippen LogP contribution in [0.2, 0.25) is 10.0 Å². The number of rotatable bonds is 6. The standard InChI is InChI=1S/C16H19Cl2N5O2/c1-2-3-6-25-16(24)22-8-12(9-22)15(23-20-10-19-21-23)11-4-5-13(17)14(18)7-11/h4-5,7,10,12,15H,2-3,6,8-9H2,1H3. The first-order valence-electron chi connectivity index (χ1n) is 8.19. The first-order valence-corrected chi connectivity index (χ1v) is 8.95. The molecule has 1 atom stereocenters. The highest BCUT2D eigenvalue weighted by Crippen LogP contribution is 2.35. The second-order valence-electron chi connectivity index (χ2n) is 6.01. The molecule has 0 spiro atoms. The van der Waals surface area contributed by atoms with Crippen molar-refractivity contribution in [2.24, 2.45) is 5.92 Å². The molecule has 2 aromatic rings. The molecule has 1 amide bonds. The first kappa shape index (κ1) is 17.9. The quantitative estimate of drug-likeness (QED) is 0.714. The summed E-state index contributed by atoms with van der Waals surface area (Å²) in [6.07, 6.45) is 2.98. The molecule has 1 aliphatic heterocycles. The van der Waals surface area contributed by atoms with Gasteiger partial charge < -0.3 is 9.64 Å². The predicted octanol–water partition coefficient (Wildman–Crippen LogP) is 3.44. The first-order chi connectivity index (χ1) is 12.1. The molecule has 3 rings (SSSR count). The summed E-state index contributed by atoms with van der Waals surface area (Å²) >= 11 is 12.2. The summed E-state index contributed by atoms with van der Waals surface area (Å²) in [6.45, 7) is 3.65. The van der Waals surface area contributed by atoms with E-state index in [0.717, 1.165) is 18.4 Å². The maximum Gasteiger partial charge on any atom is 0.409 e. The van der Waals surface area contributed by atoms with Crippen molar-refractivity contribution in [1.29, 1.82) is 0 Å². The van der Waals surface area contributed by atoms with Crippen LogP contribution < -0.4 is 0 Å². The fourth-order valence-corrected chi connectivity index (χ4v) is 3.16. The number of aromatic nitrogens is 4. The van der Waals surface area contributed by atoms with Gasteiger partial charge in [0.2, 0.25) is 0 Å². The second-order valence-corrected chi connectivity index (χ2v) is 6.82. The summed E-state index contributed by atoms with van der Waals surface area (Å²) in [6, 6.07) is 5.28. The van der Waals surface area contributed by atoms with Crippen molar-refractivity contribution in [3.8, 4) is 0 Å². The predicted molar refractivity (Wildman–Crippen MR) is 93.7 cm³/mol. The minimum Gasteiger partial charge on any atom is -0.449 e. The Balaban J connectivity index is 1.70. The van der Waals surface area contributed by atoms with Crippen LogP contribution in [-0.4, -0.2) is 50.9 Å². The molecular weight excluding hydrogens is 365 g/mol. The van der Waals surface area contributed by atoms with Crippen LogP contribution in [0.5, 0.6) is 0 Å². The molecule has 1 fully saturated rings. The molecule has 0 aliphatic carbocycles. The van der Waals surface area contributed by atoms with Crippen molar-refractivity contribution in [2.45, 2.75) is 25.8 Å². The van der Waals surface area contributed by atoms with Crippen LogP contribution in [0.1, 0.15) is 31.4 Å². The fraction of sp³-hybridized carbons (Fsp3) is 0.500. The number of unbranched alkanes of at least 4 members (excludes halogenated alkanes) is 1. The molecule has 1 unspecified atom stereocenters. The SMILES string of the molecule is CCCCOC(=O)N1CC(C(c2ccc(Cl)c(Cl)c2)n2ncnn2)C1. The Hall–Kier alpha value is -1.86. The van der Waals surface area contributed by atoms with Crippen molar-refractivity contribution in [1.82, 2.24) is 25.1 Å². The van der Waals surface area contributed by atoms with Crippen LogP contribution in [0, 0.1) is 5.92 Å². The smallest absolute Gasteiger partial charge is 0.409 e. The van der Waals surface area contributed by atoms with Gasteiger partial charge in [0.15, 0.2) is 6.33 Å². The third kappa shape index (κ3) is 4.04. The number of benzene rings is 1. The Labute approximate surface area is 155 Å². The van der Waals surface area contributed by atoms with E-state index in [-0.39, 0.29) is 18.1 Å². The van der Waals surface area contributed by atoms with E-state index >= 15 is 0 Å².